The molecule has 5 nitrogen and oxygen atoms in total. The zero-order chi connectivity index (χ0) is 14.1. The molecule has 0 unspecified atom stereocenters. The van der Waals surface area contributed by atoms with Crippen LogP contribution < -0.4 is 5.56 Å². The van der Waals surface area contributed by atoms with Gasteiger partial charge in [0, 0.05) is 12.1 Å². The average molecular weight is 291 g/mol. The molecule has 3 aromatic rings. The van der Waals surface area contributed by atoms with Gasteiger partial charge in [0.05, 0.1) is 10.9 Å². The molecule has 0 aliphatic carbocycles. The molecule has 0 fully saturated rings. The van der Waals surface area contributed by atoms with Crippen LogP contribution in [-0.2, 0) is 11.3 Å². The van der Waals surface area contributed by atoms with E-state index >= 15 is 0 Å². The van der Waals surface area contributed by atoms with E-state index < -0.39 is 0 Å². The van der Waals surface area contributed by atoms with Crippen LogP contribution in [0.5, 0.6) is 0 Å². The average Bonchev–Trinajstić information content (AvgIpc) is 2.88. The number of nitrogens with zero attached hydrogens (tertiary/aromatic N) is 1. The zero-order valence-corrected chi connectivity index (χ0v) is 11.4. The Hall–Kier alpha value is -2.11. The maximum atomic E-state index is 12.0. The van der Waals surface area contributed by atoms with Gasteiger partial charge in [0.2, 0.25) is 0 Å². The minimum atomic E-state index is -0.253. The lowest BCUT2D eigenvalue weighted by Crippen LogP contribution is -2.09. The summed E-state index contributed by atoms with van der Waals surface area (Å²) >= 11 is 5.87. The molecule has 1 aromatic carbocycles. The largest absolute Gasteiger partial charge is 0.455 e. The molecular weight excluding hydrogens is 280 g/mol. The maximum Gasteiger partial charge on any atom is 0.259 e. The molecule has 2 heterocycles. The van der Waals surface area contributed by atoms with E-state index in [1.807, 2.05) is 0 Å². The van der Waals surface area contributed by atoms with Gasteiger partial charge in [0.15, 0.2) is 11.6 Å². The van der Waals surface area contributed by atoms with E-state index in [-0.39, 0.29) is 5.56 Å². The summed E-state index contributed by atoms with van der Waals surface area (Å²) < 4.78 is 10.5. The summed E-state index contributed by atoms with van der Waals surface area (Å²) in [5.41, 5.74) is 0.315. The van der Waals surface area contributed by atoms with Gasteiger partial charge in [-0.15, -0.1) is 0 Å². The van der Waals surface area contributed by atoms with E-state index in [4.69, 9.17) is 20.8 Å². The normalized spacial score (nSPS) is 11.1. The summed E-state index contributed by atoms with van der Waals surface area (Å²) in [6.45, 7) is 0.368. The number of hydrogen-bond donors (Lipinski definition) is 1. The lowest BCUT2D eigenvalue weighted by Gasteiger charge is -2.01. The van der Waals surface area contributed by atoms with Gasteiger partial charge in [-0.3, -0.25) is 4.79 Å². The Morgan fingerprint density at radius 2 is 2.20 bits per heavy atom. The highest BCUT2D eigenvalue weighted by atomic mass is 35.5. The van der Waals surface area contributed by atoms with E-state index in [1.165, 1.54) is 0 Å². The van der Waals surface area contributed by atoms with Crippen LogP contribution in [0.2, 0.25) is 5.02 Å². The topological polar surface area (TPSA) is 68.1 Å². The summed E-state index contributed by atoms with van der Waals surface area (Å²) in [6.07, 6.45) is 0. The molecule has 0 saturated carbocycles. The maximum absolute atomic E-state index is 12.0. The molecule has 0 saturated heterocycles. The van der Waals surface area contributed by atoms with E-state index in [1.54, 1.807) is 37.4 Å². The molecule has 20 heavy (non-hydrogen) atoms. The van der Waals surface area contributed by atoms with E-state index in [0.717, 1.165) is 0 Å². The van der Waals surface area contributed by atoms with Crippen LogP contribution in [0.1, 0.15) is 5.76 Å². The number of rotatable bonds is 3. The van der Waals surface area contributed by atoms with E-state index in [0.29, 0.717) is 39.9 Å². The van der Waals surface area contributed by atoms with Crippen molar-refractivity contribution in [3.8, 4) is 11.6 Å². The van der Waals surface area contributed by atoms with Crippen LogP contribution in [0.4, 0.5) is 0 Å². The van der Waals surface area contributed by atoms with Gasteiger partial charge >= 0.3 is 0 Å². The second-order valence-corrected chi connectivity index (χ2v) is 4.71. The van der Waals surface area contributed by atoms with Crippen LogP contribution in [0, 0.1) is 0 Å². The Morgan fingerprint density at radius 1 is 1.35 bits per heavy atom. The number of hydrogen-bond acceptors (Lipinski definition) is 4. The number of methoxy groups -OCH3 is 1. The molecule has 0 aliphatic heterocycles. The number of aromatic nitrogens is 2. The molecule has 0 aliphatic rings. The van der Waals surface area contributed by atoms with Crippen molar-refractivity contribution in [3.63, 3.8) is 0 Å². The first kappa shape index (κ1) is 12.9. The number of furan rings is 1. The molecule has 3 rings (SSSR count). The van der Waals surface area contributed by atoms with Gasteiger partial charge in [-0.25, -0.2) is 4.98 Å². The minimum absolute atomic E-state index is 0.253. The predicted octanol–water partition coefficient (Wildman–Crippen LogP) is 2.98. The van der Waals surface area contributed by atoms with Crippen molar-refractivity contribution in [3.05, 3.63) is 51.5 Å². The molecule has 1 N–H and O–H groups in total. The number of fused-ring (bicyclic) bond motifs is 1. The first-order valence-electron chi connectivity index (χ1n) is 5.95. The Labute approximate surface area is 119 Å². The smallest absolute Gasteiger partial charge is 0.259 e. The van der Waals surface area contributed by atoms with E-state index in [9.17, 15) is 4.79 Å². The van der Waals surface area contributed by atoms with Crippen LogP contribution >= 0.6 is 11.6 Å². The predicted molar refractivity (Wildman–Crippen MR) is 75.8 cm³/mol. The monoisotopic (exact) mass is 290 g/mol. The Balaban J connectivity index is 2.12. The van der Waals surface area contributed by atoms with E-state index in [2.05, 4.69) is 9.97 Å². The van der Waals surface area contributed by atoms with Crippen molar-refractivity contribution in [2.24, 2.45) is 0 Å². The third-order valence-electron chi connectivity index (χ3n) is 2.85. The Kier molecular flexibility index (Phi) is 3.30. The first-order valence-corrected chi connectivity index (χ1v) is 6.33. The van der Waals surface area contributed by atoms with Crippen LogP contribution in [0.15, 0.2) is 39.5 Å². The number of nitrogens with one attached hydrogen (secondary N) is 1. The molecule has 0 amide bonds. The summed E-state index contributed by atoms with van der Waals surface area (Å²) in [5, 5.41) is 0.947. The number of aromatic amines is 1. The Bertz CT molecular complexity index is 823. The number of ether oxygens (including phenoxy) is 1. The molecule has 0 spiro atoms. The van der Waals surface area contributed by atoms with Gasteiger partial charge in [-0.05, 0) is 30.3 Å². The van der Waals surface area contributed by atoms with Crippen LogP contribution in [-0.4, -0.2) is 17.1 Å². The minimum Gasteiger partial charge on any atom is -0.455 e. The zero-order valence-electron chi connectivity index (χ0n) is 10.6. The second kappa shape index (κ2) is 5.11. The molecule has 6 heteroatoms. The number of halogens is 1. The molecular formula is C14H11ClN2O3. The van der Waals surface area contributed by atoms with Gasteiger partial charge in [-0.1, -0.05) is 11.6 Å². The van der Waals surface area contributed by atoms with Gasteiger partial charge in [0.25, 0.3) is 5.56 Å². The highest BCUT2D eigenvalue weighted by Crippen LogP contribution is 2.21. The fraction of sp³-hybridized carbons (Fsp3) is 0.143. The number of benzene rings is 1. The lowest BCUT2D eigenvalue weighted by molar-refractivity contribution is 0.165. The molecule has 102 valence electrons. The highest BCUT2D eigenvalue weighted by molar-refractivity contribution is 6.31. The van der Waals surface area contributed by atoms with Crippen molar-refractivity contribution < 1.29 is 9.15 Å². The SMILES string of the molecule is COCc1ccc(-c2nc3ccc(Cl)cc3c(=O)[nH]2)o1. The fourth-order valence-corrected chi connectivity index (χ4v) is 2.12. The molecule has 0 radical (unpaired) electrons. The highest BCUT2D eigenvalue weighted by Gasteiger charge is 2.10. The van der Waals surface area contributed by atoms with Gasteiger partial charge in [-0.2, -0.15) is 0 Å². The molecule has 0 atom stereocenters. The fourth-order valence-electron chi connectivity index (χ4n) is 1.95. The summed E-state index contributed by atoms with van der Waals surface area (Å²) in [5.74, 6) is 1.54. The summed E-state index contributed by atoms with van der Waals surface area (Å²) in [4.78, 5) is 19.1. The Morgan fingerprint density at radius 3 is 3.00 bits per heavy atom. The van der Waals surface area contributed by atoms with Crippen LogP contribution in [0.3, 0.4) is 0 Å². The van der Waals surface area contributed by atoms with Crippen molar-refractivity contribution >= 4 is 22.5 Å². The standard InChI is InChI=1S/C14H11ClN2O3/c1-19-7-9-3-5-12(20-9)13-16-11-4-2-8(15)6-10(11)14(18)17-13/h2-6H,7H2,1H3,(H,16,17,18). The second-order valence-electron chi connectivity index (χ2n) is 4.27. The molecule has 2 aromatic heterocycles. The first-order chi connectivity index (χ1) is 9.67. The van der Waals surface area contributed by atoms with Crippen LogP contribution in [0.25, 0.3) is 22.5 Å². The van der Waals surface area contributed by atoms with Crippen molar-refractivity contribution in [1.82, 2.24) is 9.97 Å². The third-order valence-corrected chi connectivity index (χ3v) is 3.08. The summed E-state index contributed by atoms with van der Waals surface area (Å²) in [6, 6.07) is 8.51. The van der Waals surface area contributed by atoms with Crippen molar-refractivity contribution in [2.45, 2.75) is 6.61 Å². The summed E-state index contributed by atoms with van der Waals surface area (Å²) in [7, 11) is 1.59. The van der Waals surface area contributed by atoms with Crippen molar-refractivity contribution in [1.29, 1.82) is 0 Å². The van der Waals surface area contributed by atoms with Crippen molar-refractivity contribution in [2.75, 3.05) is 7.11 Å². The van der Waals surface area contributed by atoms with Gasteiger partial charge < -0.3 is 14.1 Å². The molecule has 0 bridgehead atoms. The quantitative estimate of drug-likeness (QED) is 0.805. The van der Waals surface area contributed by atoms with Gasteiger partial charge in [0.1, 0.15) is 12.4 Å². The number of H-pyrrole nitrogens is 1. The lowest BCUT2D eigenvalue weighted by atomic mass is 10.2. The third kappa shape index (κ3) is 2.33.